The fourth-order valence-electron chi connectivity index (χ4n) is 19.4. The number of rotatable bonds is 3. The maximum Gasteiger partial charge on any atom is 0.141 e. The number of aliphatic hydroxyl groups is 4. The molecule has 0 bridgehead atoms. The molecule has 3 aromatic rings. The number of hydrogen-bond donors (Lipinski definition) is 4. The van der Waals surface area contributed by atoms with Crippen LogP contribution >= 0.6 is 0 Å². The van der Waals surface area contributed by atoms with Crippen molar-refractivity contribution in [2.45, 2.75) is 201 Å². The number of aryl methyl sites for hydroxylation is 6. The number of carbonyl (C=O) groups is 2. The van der Waals surface area contributed by atoms with E-state index in [4.69, 9.17) is 0 Å². The Morgan fingerprint density at radius 1 is 0.551 bits per heavy atom. The molecule has 69 heavy (non-hydrogen) atoms. The van der Waals surface area contributed by atoms with Crippen LogP contribution < -0.4 is 0 Å². The molecule has 3 aromatic carbocycles. The number of fused-ring (bicyclic) bond motifs is 15. The summed E-state index contributed by atoms with van der Waals surface area (Å²) in [6.45, 7) is 18.9. The second kappa shape index (κ2) is 18.4. The topological polar surface area (TPSA) is 115 Å². The molecule has 6 heteroatoms. The lowest BCUT2D eigenvalue weighted by atomic mass is 9.52. The predicted octanol–water partition coefficient (Wildman–Crippen LogP) is 11.9. The van der Waals surface area contributed by atoms with E-state index in [1.165, 1.54) is 75.8 Å². The fraction of sp³-hybridized carbons (Fsp3) is 0.683. The van der Waals surface area contributed by atoms with E-state index in [1.807, 2.05) is 13.8 Å². The molecule has 374 valence electrons. The number of carbonyl (C=O) groups excluding carboxylic acids is 2. The van der Waals surface area contributed by atoms with E-state index in [0.717, 1.165) is 64.2 Å². The predicted molar refractivity (Wildman–Crippen MR) is 275 cm³/mol. The highest BCUT2D eigenvalue weighted by Crippen LogP contribution is 2.66. The Hall–Kier alpha value is -3.16. The molecule has 6 fully saturated rings. The zero-order chi connectivity index (χ0) is 49.1. The zero-order valence-electron chi connectivity index (χ0n) is 43.6. The summed E-state index contributed by atoms with van der Waals surface area (Å²) in [4.78, 5) is 25.2. The summed E-state index contributed by atoms with van der Waals surface area (Å²) in [5, 5.41) is 42.6. The monoisotopic (exact) mass is 939 g/mol. The van der Waals surface area contributed by atoms with E-state index in [0.29, 0.717) is 71.4 Å². The van der Waals surface area contributed by atoms with Gasteiger partial charge in [-0.3, -0.25) is 9.59 Å². The van der Waals surface area contributed by atoms with Crippen molar-refractivity contribution in [1.29, 1.82) is 0 Å². The van der Waals surface area contributed by atoms with Crippen LogP contribution in [-0.2, 0) is 28.9 Å². The maximum absolute atomic E-state index is 13.1. The highest BCUT2D eigenvalue weighted by atomic mass is 16.3. The Balaban J connectivity index is 0.000000120. The van der Waals surface area contributed by atoms with E-state index in [2.05, 4.69) is 96.1 Å². The van der Waals surface area contributed by atoms with Gasteiger partial charge in [-0.2, -0.15) is 0 Å². The van der Waals surface area contributed by atoms with E-state index < -0.39 is 0 Å². The molecule has 0 heterocycles. The highest BCUT2D eigenvalue weighted by molar-refractivity contribution is 5.90. The van der Waals surface area contributed by atoms with Crippen LogP contribution in [0.2, 0.25) is 0 Å². The van der Waals surface area contributed by atoms with Gasteiger partial charge in [0.2, 0.25) is 0 Å². The van der Waals surface area contributed by atoms with Crippen molar-refractivity contribution >= 4 is 11.6 Å². The van der Waals surface area contributed by atoms with Gasteiger partial charge in [0.15, 0.2) is 0 Å². The van der Waals surface area contributed by atoms with Crippen molar-refractivity contribution in [1.82, 2.24) is 0 Å². The molecule has 9 aliphatic rings. The Morgan fingerprint density at radius 2 is 0.942 bits per heavy atom. The van der Waals surface area contributed by atoms with Gasteiger partial charge < -0.3 is 20.4 Å². The molecule has 6 saturated carbocycles. The Kier molecular flexibility index (Phi) is 13.2. The smallest absolute Gasteiger partial charge is 0.141 e. The van der Waals surface area contributed by atoms with Gasteiger partial charge in [0.05, 0.1) is 24.4 Å². The summed E-state index contributed by atoms with van der Waals surface area (Å²) in [6.07, 6.45) is 14.9. The van der Waals surface area contributed by atoms with Gasteiger partial charge in [-0.05, 0) is 228 Å². The van der Waals surface area contributed by atoms with E-state index in [-0.39, 0.29) is 58.3 Å². The van der Waals surface area contributed by atoms with Crippen LogP contribution in [0.4, 0.5) is 0 Å². The molecule has 14 unspecified atom stereocenters. The van der Waals surface area contributed by atoms with E-state index in [1.54, 1.807) is 6.92 Å². The van der Waals surface area contributed by atoms with E-state index >= 15 is 0 Å². The van der Waals surface area contributed by atoms with Gasteiger partial charge in [-0.1, -0.05) is 92.1 Å². The number of aliphatic hydroxyl groups excluding tert-OH is 4. The van der Waals surface area contributed by atoms with Gasteiger partial charge in [0, 0.05) is 30.1 Å². The molecule has 4 N–H and O–H groups in total. The summed E-state index contributed by atoms with van der Waals surface area (Å²) >= 11 is 0. The normalized spacial score (nSPS) is 41.8. The molecule has 0 aliphatic heterocycles. The lowest BCUT2D eigenvalue weighted by molar-refractivity contribution is -0.135. The van der Waals surface area contributed by atoms with Crippen LogP contribution in [-0.4, -0.2) is 56.4 Å². The number of hydrogen-bond acceptors (Lipinski definition) is 6. The zero-order valence-corrected chi connectivity index (χ0v) is 43.6. The average molecular weight is 939 g/mol. The molecule has 0 amide bonds. The van der Waals surface area contributed by atoms with Crippen molar-refractivity contribution in [3.63, 3.8) is 0 Å². The highest BCUT2D eigenvalue weighted by Gasteiger charge is 2.61. The summed E-state index contributed by atoms with van der Waals surface area (Å²) in [6, 6.07) is 20.2. The van der Waals surface area contributed by atoms with Crippen LogP contribution in [0.15, 0.2) is 54.6 Å². The van der Waals surface area contributed by atoms with Gasteiger partial charge >= 0.3 is 0 Å². The molecule has 12 rings (SSSR count). The van der Waals surface area contributed by atoms with Crippen LogP contribution in [0.5, 0.6) is 0 Å². The van der Waals surface area contributed by atoms with Crippen LogP contribution in [0.3, 0.4) is 0 Å². The maximum atomic E-state index is 13.1. The Bertz CT molecular complexity index is 2330. The van der Waals surface area contributed by atoms with Crippen molar-refractivity contribution in [3.05, 3.63) is 105 Å². The Labute approximate surface area is 414 Å². The summed E-state index contributed by atoms with van der Waals surface area (Å²) in [5.41, 5.74) is 12.4. The van der Waals surface area contributed by atoms with Crippen molar-refractivity contribution in [3.8, 4) is 0 Å². The van der Waals surface area contributed by atoms with Gasteiger partial charge in [0.1, 0.15) is 11.6 Å². The first-order valence-electron chi connectivity index (χ1n) is 27.8. The lowest BCUT2D eigenvalue weighted by Gasteiger charge is -2.53. The third kappa shape index (κ3) is 8.19. The molecule has 19 atom stereocenters. The van der Waals surface area contributed by atoms with Crippen LogP contribution in [0.1, 0.15) is 186 Å². The second-order valence-corrected chi connectivity index (χ2v) is 25.9. The van der Waals surface area contributed by atoms with Gasteiger partial charge in [-0.25, -0.2) is 0 Å². The van der Waals surface area contributed by atoms with Gasteiger partial charge in [0.25, 0.3) is 0 Å². The fourth-order valence-corrected chi connectivity index (χ4v) is 19.4. The Morgan fingerprint density at radius 3 is 1.38 bits per heavy atom. The van der Waals surface area contributed by atoms with Gasteiger partial charge in [-0.15, -0.1) is 0 Å². The first-order chi connectivity index (χ1) is 32.7. The molecular weight excluding hydrogens is 853 g/mol. The molecule has 0 saturated heterocycles. The third-order valence-electron chi connectivity index (χ3n) is 22.2. The molecule has 6 nitrogen and oxygen atoms in total. The molecule has 0 aromatic heterocycles. The molecular formula is C63H86O6. The van der Waals surface area contributed by atoms with Crippen LogP contribution in [0, 0.1) is 90.3 Å². The minimum Gasteiger partial charge on any atom is -0.393 e. The lowest BCUT2D eigenvalue weighted by Crippen LogP contribution is -2.50. The van der Waals surface area contributed by atoms with Crippen molar-refractivity contribution < 1.29 is 30.0 Å². The first-order valence-corrected chi connectivity index (χ1v) is 27.8. The summed E-state index contributed by atoms with van der Waals surface area (Å²) in [5.74, 6) is 5.63. The third-order valence-corrected chi connectivity index (χ3v) is 22.2. The quantitative estimate of drug-likeness (QED) is 0.208. The van der Waals surface area contributed by atoms with E-state index in [9.17, 15) is 30.0 Å². The van der Waals surface area contributed by atoms with Crippen molar-refractivity contribution in [2.75, 3.05) is 0 Å². The minimum absolute atomic E-state index is 0.0862. The van der Waals surface area contributed by atoms with Crippen molar-refractivity contribution in [2.24, 2.45) is 69.5 Å². The summed E-state index contributed by atoms with van der Waals surface area (Å²) < 4.78 is 0. The number of ketones is 2. The average Bonchev–Trinajstić information content (AvgIpc) is 3.95. The molecule has 0 spiro atoms. The molecule has 0 radical (unpaired) electrons. The first kappa shape index (κ1) is 49.4. The standard InChI is InChI=1S/2C21H30O2.C21H26O2/c3*1-12-4-6-15-14(10-12)5-7-16-18-9-8-17(13(2)22)21(18,3)11-19(23)20(15)16/h2*4,6,10,13,16-20,22-23H,5,7-9,11H2,1-3H3;4,6,10,16-18,20H,5,7-9,11H2,1-3H3/t13?,16?,17?,18?,19-,20?,21+;13?,16?,17?,18?,19-,20?,21-;16?,17?,18?,20?,21-/m011/s1. The van der Waals surface area contributed by atoms with Crippen LogP contribution in [0.25, 0.3) is 0 Å². The summed E-state index contributed by atoms with van der Waals surface area (Å²) in [7, 11) is 0. The second-order valence-electron chi connectivity index (χ2n) is 25.9. The number of benzene rings is 3. The minimum atomic E-state index is -0.262. The number of Topliss-reactive ketones (excluding diaryl/α,β-unsaturated/α-hetero) is 2. The molecule has 9 aliphatic carbocycles. The largest absolute Gasteiger partial charge is 0.393 e. The SMILES string of the molecule is CC(=O)C1CCC2C3CCc4cc(C)ccc4C3C(=O)C[C@]12C.Cc1ccc2c(c1)CCC1C2[C@@H](O)C[C@]2(C)C(C(C)O)CCC12.Cc1ccc2c(c1)CCC1C2[C@H](O)C[C@]2(C)C(C(C)O)CCC12.